The Kier molecular flexibility index (Phi) is 6.89. The molecule has 0 spiro atoms. The molecule has 3 rings (SSSR count). The summed E-state index contributed by atoms with van der Waals surface area (Å²) in [6.07, 6.45) is 5.09. The number of hydrogen-bond donors (Lipinski definition) is 2. The molecule has 0 bridgehead atoms. The Morgan fingerprint density at radius 2 is 2.15 bits per heavy atom. The van der Waals surface area contributed by atoms with Gasteiger partial charge in [-0.2, -0.15) is 0 Å². The Bertz CT molecular complexity index is 697. The Morgan fingerprint density at radius 1 is 1.31 bits per heavy atom. The van der Waals surface area contributed by atoms with Gasteiger partial charge in [-0.3, -0.25) is 4.99 Å². The lowest BCUT2D eigenvalue weighted by atomic mass is 10.3. The molecule has 0 saturated carbocycles. The third kappa shape index (κ3) is 5.21. The van der Waals surface area contributed by atoms with Gasteiger partial charge in [0.2, 0.25) is 0 Å². The van der Waals surface area contributed by atoms with E-state index >= 15 is 0 Å². The van der Waals surface area contributed by atoms with E-state index in [1.165, 1.54) is 15.6 Å². The molecule has 6 heteroatoms. The monoisotopic (exact) mass is 371 g/mol. The first-order valence-corrected chi connectivity index (χ1v) is 10.4. The number of nitrogens with zero attached hydrogens (tertiary/aromatic N) is 3. The minimum absolute atomic E-state index is 0.430. The van der Waals surface area contributed by atoms with Gasteiger partial charge in [-0.15, -0.1) is 11.3 Å². The van der Waals surface area contributed by atoms with Crippen LogP contribution in [0.4, 0.5) is 5.69 Å². The van der Waals surface area contributed by atoms with Crippen LogP contribution >= 0.6 is 11.3 Å². The van der Waals surface area contributed by atoms with Crippen LogP contribution < -0.4 is 15.5 Å². The first-order chi connectivity index (χ1) is 12.8. The van der Waals surface area contributed by atoms with Crippen molar-refractivity contribution < 1.29 is 0 Å². The second-order valence-corrected chi connectivity index (χ2v) is 7.70. The highest BCUT2D eigenvalue weighted by atomic mass is 32.1. The maximum atomic E-state index is 4.75. The highest BCUT2D eigenvalue weighted by Crippen LogP contribution is 2.19. The molecule has 1 aromatic carbocycles. The first-order valence-electron chi connectivity index (χ1n) is 9.57. The zero-order chi connectivity index (χ0) is 18.2. The molecule has 26 heavy (non-hydrogen) atoms. The number of thiazole rings is 1. The number of nitrogens with one attached hydrogen (secondary N) is 2. The van der Waals surface area contributed by atoms with Crippen molar-refractivity contribution in [1.82, 2.24) is 15.6 Å². The third-order valence-electron chi connectivity index (χ3n) is 4.54. The van der Waals surface area contributed by atoms with Crippen LogP contribution in [-0.4, -0.2) is 43.2 Å². The number of aryl methyl sites for hydroxylation is 1. The molecule has 2 N–H and O–H groups in total. The summed E-state index contributed by atoms with van der Waals surface area (Å²) < 4.78 is 0. The number of hydrogen-bond acceptors (Lipinski definition) is 4. The van der Waals surface area contributed by atoms with Gasteiger partial charge in [0, 0.05) is 55.4 Å². The maximum Gasteiger partial charge on any atom is 0.191 e. The number of para-hydroxylation sites is 1. The van der Waals surface area contributed by atoms with Crippen molar-refractivity contribution in [1.29, 1.82) is 0 Å². The van der Waals surface area contributed by atoms with E-state index in [4.69, 9.17) is 4.99 Å². The van der Waals surface area contributed by atoms with E-state index in [2.05, 4.69) is 64.7 Å². The number of aromatic nitrogens is 1. The average molecular weight is 372 g/mol. The van der Waals surface area contributed by atoms with Crippen molar-refractivity contribution in [2.45, 2.75) is 39.2 Å². The second kappa shape index (κ2) is 9.57. The van der Waals surface area contributed by atoms with E-state index in [1.54, 1.807) is 11.3 Å². The van der Waals surface area contributed by atoms with Gasteiger partial charge in [-0.1, -0.05) is 25.1 Å². The van der Waals surface area contributed by atoms with Gasteiger partial charge >= 0.3 is 0 Å². The van der Waals surface area contributed by atoms with Crippen molar-refractivity contribution in [3.63, 3.8) is 0 Å². The highest BCUT2D eigenvalue weighted by Gasteiger charge is 2.23. The predicted octanol–water partition coefficient (Wildman–Crippen LogP) is 3.08. The van der Waals surface area contributed by atoms with Crippen LogP contribution in [0.25, 0.3) is 0 Å². The smallest absolute Gasteiger partial charge is 0.191 e. The van der Waals surface area contributed by atoms with Crippen LogP contribution in [0, 0.1) is 0 Å². The van der Waals surface area contributed by atoms with Crippen LogP contribution in [0.1, 0.15) is 30.2 Å². The molecule has 5 nitrogen and oxygen atoms in total. The minimum Gasteiger partial charge on any atom is -0.369 e. The quantitative estimate of drug-likeness (QED) is 0.580. The summed E-state index contributed by atoms with van der Waals surface area (Å²) in [5, 5.41) is 8.15. The molecular weight excluding hydrogens is 342 g/mol. The van der Waals surface area contributed by atoms with Crippen molar-refractivity contribution in [3.8, 4) is 0 Å². The summed E-state index contributed by atoms with van der Waals surface area (Å²) in [5.41, 5.74) is 1.30. The van der Waals surface area contributed by atoms with Crippen molar-refractivity contribution in [2.75, 3.05) is 31.1 Å². The van der Waals surface area contributed by atoms with Gasteiger partial charge in [-0.05, 0) is 31.9 Å². The Labute approximate surface area is 160 Å². The molecule has 0 radical (unpaired) electrons. The summed E-state index contributed by atoms with van der Waals surface area (Å²) in [6.45, 7) is 8.01. The van der Waals surface area contributed by atoms with E-state index < -0.39 is 0 Å². The molecule has 2 aromatic rings. The fourth-order valence-electron chi connectivity index (χ4n) is 3.16. The van der Waals surface area contributed by atoms with Crippen LogP contribution in [0.5, 0.6) is 0 Å². The molecule has 1 aliphatic rings. The summed E-state index contributed by atoms with van der Waals surface area (Å²) in [7, 11) is 0. The number of benzene rings is 1. The fraction of sp³-hybridized carbons (Fsp3) is 0.500. The molecule has 0 aliphatic carbocycles. The van der Waals surface area contributed by atoms with E-state index in [0.29, 0.717) is 6.04 Å². The Hall–Kier alpha value is -2.08. The molecule has 1 saturated heterocycles. The van der Waals surface area contributed by atoms with E-state index in [-0.39, 0.29) is 0 Å². The van der Waals surface area contributed by atoms with Crippen molar-refractivity contribution in [3.05, 3.63) is 46.4 Å². The number of anilines is 1. The standard InChI is InChI=1S/C20H29N5S/c1-3-18-14-23-19(26-18)10-12-22-20(21-4-2)24-16-11-13-25(15-16)17-8-6-5-7-9-17/h5-9,14,16H,3-4,10-13,15H2,1-2H3,(H2,21,22,24). The maximum absolute atomic E-state index is 4.75. The largest absolute Gasteiger partial charge is 0.369 e. The zero-order valence-electron chi connectivity index (χ0n) is 15.7. The van der Waals surface area contributed by atoms with Gasteiger partial charge < -0.3 is 15.5 Å². The number of guanidine groups is 1. The topological polar surface area (TPSA) is 52.6 Å². The van der Waals surface area contributed by atoms with Crippen molar-refractivity contribution >= 4 is 23.0 Å². The third-order valence-corrected chi connectivity index (χ3v) is 5.74. The van der Waals surface area contributed by atoms with Gasteiger partial charge in [0.15, 0.2) is 5.96 Å². The van der Waals surface area contributed by atoms with Crippen LogP contribution in [-0.2, 0) is 12.8 Å². The molecule has 1 unspecified atom stereocenters. The molecule has 2 heterocycles. The molecule has 0 amide bonds. The summed E-state index contributed by atoms with van der Waals surface area (Å²) in [5.74, 6) is 0.916. The van der Waals surface area contributed by atoms with Gasteiger partial charge in [0.25, 0.3) is 0 Å². The first kappa shape index (κ1) is 18.7. The molecule has 140 valence electrons. The summed E-state index contributed by atoms with van der Waals surface area (Å²) in [6, 6.07) is 11.1. The van der Waals surface area contributed by atoms with Crippen LogP contribution in [0.3, 0.4) is 0 Å². The number of rotatable bonds is 7. The molecule has 1 atom stereocenters. The van der Waals surface area contributed by atoms with Gasteiger partial charge in [0.05, 0.1) is 5.01 Å². The highest BCUT2D eigenvalue weighted by molar-refractivity contribution is 7.11. The fourth-order valence-corrected chi connectivity index (χ4v) is 4.01. The number of aliphatic imine (C=N–C) groups is 1. The lowest BCUT2D eigenvalue weighted by Gasteiger charge is -2.20. The van der Waals surface area contributed by atoms with Crippen LogP contribution in [0.15, 0.2) is 41.5 Å². The molecule has 1 aromatic heterocycles. The Balaban J connectivity index is 1.51. The molecular formula is C20H29N5S. The molecule has 1 fully saturated rings. The van der Waals surface area contributed by atoms with E-state index in [0.717, 1.165) is 51.4 Å². The van der Waals surface area contributed by atoms with Gasteiger partial charge in [-0.25, -0.2) is 4.98 Å². The summed E-state index contributed by atoms with van der Waals surface area (Å²) in [4.78, 5) is 13.0. The zero-order valence-corrected chi connectivity index (χ0v) is 16.6. The Morgan fingerprint density at radius 3 is 2.88 bits per heavy atom. The predicted molar refractivity (Wildman–Crippen MR) is 111 cm³/mol. The lowest BCUT2D eigenvalue weighted by Crippen LogP contribution is -2.44. The molecule has 1 aliphatic heterocycles. The van der Waals surface area contributed by atoms with Crippen molar-refractivity contribution in [2.24, 2.45) is 4.99 Å². The average Bonchev–Trinajstić information content (AvgIpc) is 3.32. The van der Waals surface area contributed by atoms with E-state index in [9.17, 15) is 0 Å². The van der Waals surface area contributed by atoms with Gasteiger partial charge in [0.1, 0.15) is 0 Å². The summed E-state index contributed by atoms with van der Waals surface area (Å²) >= 11 is 1.80. The SMILES string of the molecule is CCNC(=NCCc1ncc(CC)s1)NC1CCN(c2ccccc2)C1. The normalized spacial score (nSPS) is 17.5. The van der Waals surface area contributed by atoms with Crippen LogP contribution in [0.2, 0.25) is 0 Å². The second-order valence-electron chi connectivity index (χ2n) is 6.50. The minimum atomic E-state index is 0.430. The van der Waals surface area contributed by atoms with E-state index in [1.807, 2.05) is 6.20 Å². The lowest BCUT2D eigenvalue weighted by molar-refractivity contribution is 0.649.